The first-order chi connectivity index (χ1) is 14.1. The smallest absolute Gasteiger partial charge is 0.311 e. The lowest BCUT2D eigenvalue weighted by Crippen LogP contribution is -2.26. The molecule has 7 nitrogen and oxygen atoms in total. The van der Waals surface area contributed by atoms with Gasteiger partial charge in [0.1, 0.15) is 0 Å². The average Bonchev–Trinajstić information content (AvgIpc) is 2.73. The second-order valence-electron chi connectivity index (χ2n) is 8.44. The van der Waals surface area contributed by atoms with Gasteiger partial charge in [0.15, 0.2) is 11.5 Å². The molecule has 0 N–H and O–H groups in total. The van der Waals surface area contributed by atoms with Crippen molar-refractivity contribution in [3.63, 3.8) is 0 Å². The number of para-hydroxylation sites is 1. The van der Waals surface area contributed by atoms with Crippen molar-refractivity contribution < 1.29 is 33.3 Å². The summed E-state index contributed by atoms with van der Waals surface area (Å²) >= 11 is 0. The first-order valence-corrected chi connectivity index (χ1v) is 10.2. The maximum Gasteiger partial charge on any atom is 0.311 e. The Morgan fingerprint density at radius 2 is 1.23 bits per heavy atom. The molecule has 1 aromatic rings. The molecule has 0 radical (unpaired) electrons. The molecule has 7 heteroatoms. The summed E-state index contributed by atoms with van der Waals surface area (Å²) in [5, 5.41) is 0. The Balaban J connectivity index is 2.66. The van der Waals surface area contributed by atoms with E-state index in [0.717, 1.165) is 0 Å². The highest BCUT2D eigenvalue weighted by Crippen LogP contribution is 2.38. The van der Waals surface area contributed by atoms with Gasteiger partial charge in [-0.1, -0.05) is 6.07 Å². The summed E-state index contributed by atoms with van der Waals surface area (Å²) < 4.78 is 26.9. The molecule has 0 bridgehead atoms. The van der Waals surface area contributed by atoms with Crippen molar-refractivity contribution in [1.82, 2.24) is 0 Å². The van der Waals surface area contributed by atoms with Crippen LogP contribution in [0.5, 0.6) is 17.2 Å². The summed E-state index contributed by atoms with van der Waals surface area (Å²) in [4.78, 5) is 23.6. The molecule has 0 aliphatic rings. The van der Waals surface area contributed by atoms with Crippen molar-refractivity contribution in [3.8, 4) is 17.2 Å². The van der Waals surface area contributed by atoms with Gasteiger partial charge in [0.2, 0.25) is 5.75 Å². The molecule has 0 saturated carbocycles. The van der Waals surface area contributed by atoms with E-state index in [4.69, 9.17) is 23.7 Å². The van der Waals surface area contributed by atoms with Crippen LogP contribution in [0.1, 0.15) is 53.4 Å². The molecule has 170 valence electrons. The number of esters is 2. The summed E-state index contributed by atoms with van der Waals surface area (Å²) in [6.45, 7) is 8.26. The van der Waals surface area contributed by atoms with E-state index in [-0.39, 0.29) is 11.9 Å². The second-order valence-corrected chi connectivity index (χ2v) is 8.44. The Morgan fingerprint density at radius 3 is 1.70 bits per heavy atom. The molecule has 0 atom stereocenters. The van der Waals surface area contributed by atoms with E-state index in [0.29, 0.717) is 56.1 Å². The minimum absolute atomic E-state index is 0.234. The Hall–Kier alpha value is -2.44. The quantitative estimate of drug-likeness (QED) is 0.343. The van der Waals surface area contributed by atoms with Gasteiger partial charge in [-0.2, -0.15) is 0 Å². The first kappa shape index (κ1) is 25.6. The van der Waals surface area contributed by atoms with Gasteiger partial charge >= 0.3 is 11.9 Å². The minimum atomic E-state index is -0.565. The van der Waals surface area contributed by atoms with Gasteiger partial charge in [-0.15, -0.1) is 0 Å². The SMILES string of the molecule is COC(=O)C(C)(C)CCCOc1cccc(OC)c1OCCCC(C)(C)C(=O)OC. The van der Waals surface area contributed by atoms with E-state index in [1.807, 2.05) is 39.8 Å². The maximum absolute atomic E-state index is 11.8. The number of ether oxygens (including phenoxy) is 5. The van der Waals surface area contributed by atoms with Crippen molar-refractivity contribution in [2.75, 3.05) is 34.5 Å². The number of benzene rings is 1. The monoisotopic (exact) mass is 424 g/mol. The third kappa shape index (κ3) is 7.43. The molecule has 0 saturated heterocycles. The molecule has 0 aliphatic carbocycles. The van der Waals surface area contributed by atoms with Crippen LogP contribution in [-0.4, -0.2) is 46.5 Å². The molecular weight excluding hydrogens is 388 g/mol. The Labute approximate surface area is 180 Å². The third-order valence-electron chi connectivity index (χ3n) is 5.03. The van der Waals surface area contributed by atoms with E-state index in [2.05, 4.69) is 0 Å². The molecule has 1 aromatic carbocycles. The highest BCUT2D eigenvalue weighted by Gasteiger charge is 2.29. The molecule has 1 rings (SSSR count). The van der Waals surface area contributed by atoms with Crippen LogP contribution in [0.2, 0.25) is 0 Å². The molecule has 0 amide bonds. The zero-order chi connectivity index (χ0) is 22.8. The number of carbonyl (C=O) groups is 2. The van der Waals surface area contributed by atoms with Gasteiger partial charge in [0.05, 0.1) is 45.4 Å². The van der Waals surface area contributed by atoms with Crippen molar-refractivity contribution >= 4 is 11.9 Å². The van der Waals surface area contributed by atoms with Crippen LogP contribution in [-0.2, 0) is 19.1 Å². The molecule has 0 spiro atoms. The van der Waals surface area contributed by atoms with E-state index in [9.17, 15) is 9.59 Å². The maximum atomic E-state index is 11.8. The Bertz CT molecular complexity index is 695. The highest BCUT2D eigenvalue weighted by atomic mass is 16.5. The fourth-order valence-electron chi connectivity index (χ4n) is 3.05. The standard InChI is InChI=1S/C23H36O7/c1-22(2,20(24)27-6)13-9-15-29-18-12-8-11-17(26-5)19(18)30-16-10-14-23(3,4)21(25)28-7/h8,11-12H,9-10,13-16H2,1-7H3. The molecule has 0 heterocycles. The average molecular weight is 425 g/mol. The molecule has 0 unspecified atom stereocenters. The number of hydrogen-bond donors (Lipinski definition) is 0. The van der Waals surface area contributed by atoms with Crippen molar-refractivity contribution in [3.05, 3.63) is 18.2 Å². The lowest BCUT2D eigenvalue weighted by Gasteiger charge is -2.22. The summed E-state index contributed by atoms with van der Waals surface area (Å²) in [7, 11) is 4.36. The largest absolute Gasteiger partial charge is 0.493 e. The first-order valence-electron chi connectivity index (χ1n) is 10.2. The summed E-state index contributed by atoms with van der Waals surface area (Å²) in [5.74, 6) is 1.22. The normalized spacial score (nSPS) is 11.6. The number of rotatable bonds is 13. The van der Waals surface area contributed by atoms with Crippen LogP contribution in [0.15, 0.2) is 18.2 Å². The van der Waals surface area contributed by atoms with E-state index < -0.39 is 10.8 Å². The van der Waals surface area contributed by atoms with Crippen LogP contribution in [0.3, 0.4) is 0 Å². The number of hydrogen-bond acceptors (Lipinski definition) is 7. The van der Waals surface area contributed by atoms with Gasteiger partial charge in [0.25, 0.3) is 0 Å². The summed E-state index contributed by atoms with van der Waals surface area (Å²) in [6.07, 6.45) is 2.63. The Morgan fingerprint density at radius 1 is 0.767 bits per heavy atom. The fraction of sp³-hybridized carbons (Fsp3) is 0.652. The van der Waals surface area contributed by atoms with Crippen LogP contribution < -0.4 is 14.2 Å². The van der Waals surface area contributed by atoms with Crippen molar-refractivity contribution in [2.24, 2.45) is 10.8 Å². The van der Waals surface area contributed by atoms with Crippen molar-refractivity contribution in [2.45, 2.75) is 53.4 Å². The van der Waals surface area contributed by atoms with E-state index in [1.54, 1.807) is 13.2 Å². The number of carbonyl (C=O) groups excluding carboxylic acids is 2. The number of methoxy groups -OCH3 is 3. The van der Waals surface area contributed by atoms with Crippen LogP contribution in [0.4, 0.5) is 0 Å². The predicted molar refractivity (Wildman–Crippen MR) is 114 cm³/mol. The topological polar surface area (TPSA) is 80.3 Å². The zero-order valence-electron chi connectivity index (χ0n) is 19.3. The van der Waals surface area contributed by atoms with Gasteiger partial charge in [-0.3, -0.25) is 9.59 Å². The molecule has 0 aromatic heterocycles. The second kappa shape index (κ2) is 11.7. The van der Waals surface area contributed by atoms with E-state index >= 15 is 0 Å². The van der Waals surface area contributed by atoms with Crippen LogP contribution in [0, 0.1) is 10.8 Å². The highest BCUT2D eigenvalue weighted by molar-refractivity contribution is 5.76. The lowest BCUT2D eigenvalue weighted by atomic mass is 9.88. The summed E-state index contributed by atoms with van der Waals surface area (Å²) in [5.41, 5.74) is -1.12. The molecule has 30 heavy (non-hydrogen) atoms. The van der Waals surface area contributed by atoms with Crippen molar-refractivity contribution in [1.29, 1.82) is 0 Å². The van der Waals surface area contributed by atoms with Gasteiger partial charge < -0.3 is 23.7 Å². The van der Waals surface area contributed by atoms with Crippen LogP contribution >= 0.6 is 0 Å². The zero-order valence-corrected chi connectivity index (χ0v) is 19.3. The van der Waals surface area contributed by atoms with Crippen LogP contribution in [0.25, 0.3) is 0 Å². The molecular formula is C23H36O7. The lowest BCUT2D eigenvalue weighted by molar-refractivity contribution is -0.152. The fourth-order valence-corrected chi connectivity index (χ4v) is 3.05. The van der Waals surface area contributed by atoms with Gasteiger partial charge in [0, 0.05) is 0 Å². The van der Waals surface area contributed by atoms with E-state index in [1.165, 1.54) is 14.2 Å². The molecule has 0 aliphatic heterocycles. The third-order valence-corrected chi connectivity index (χ3v) is 5.03. The summed E-state index contributed by atoms with van der Waals surface area (Å²) in [6, 6.07) is 5.46. The minimum Gasteiger partial charge on any atom is -0.493 e. The van der Waals surface area contributed by atoms with Gasteiger partial charge in [-0.25, -0.2) is 0 Å². The predicted octanol–water partition coefficient (Wildman–Crippen LogP) is 4.41. The molecule has 0 fully saturated rings. The van der Waals surface area contributed by atoms with Gasteiger partial charge in [-0.05, 0) is 65.5 Å². The Kier molecular flexibility index (Phi) is 9.96.